The average Bonchev–Trinajstić information content (AvgIpc) is 2.91. The van der Waals surface area contributed by atoms with Crippen LogP contribution < -0.4 is 10.1 Å². The lowest BCUT2D eigenvalue weighted by Gasteiger charge is -2.10. The molecule has 1 aromatic rings. The highest BCUT2D eigenvalue weighted by Gasteiger charge is 2.31. The summed E-state index contributed by atoms with van der Waals surface area (Å²) in [7, 11) is 1.68. The molecule has 1 saturated carbocycles. The molecule has 2 unspecified atom stereocenters. The van der Waals surface area contributed by atoms with Crippen molar-refractivity contribution < 1.29 is 4.74 Å². The van der Waals surface area contributed by atoms with Gasteiger partial charge in [0.1, 0.15) is 5.75 Å². The second kappa shape index (κ2) is 5.07. The predicted molar refractivity (Wildman–Crippen MR) is 72.8 cm³/mol. The molecule has 1 aromatic carbocycles. The summed E-state index contributed by atoms with van der Waals surface area (Å²) >= 11 is 7.02. The molecule has 0 saturated heterocycles. The molecule has 1 aliphatic carbocycles. The van der Waals surface area contributed by atoms with E-state index in [1.165, 1.54) is 12.0 Å². The zero-order valence-corrected chi connectivity index (χ0v) is 12.6. The van der Waals surface area contributed by atoms with Crippen molar-refractivity contribution in [3.05, 3.63) is 26.6 Å². The first-order valence-electron chi connectivity index (χ1n) is 5.37. The molecule has 0 aromatic heterocycles. The van der Waals surface area contributed by atoms with Gasteiger partial charge in [0.05, 0.1) is 16.1 Å². The molecular weight excluding hydrogens is 334 g/mol. The van der Waals surface area contributed by atoms with Gasteiger partial charge in [-0.15, -0.1) is 0 Å². The van der Waals surface area contributed by atoms with Crippen molar-refractivity contribution in [2.75, 3.05) is 7.11 Å². The number of hydrogen-bond donors (Lipinski definition) is 1. The fourth-order valence-corrected chi connectivity index (χ4v) is 3.37. The summed E-state index contributed by atoms with van der Waals surface area (Å²) in [6.45, 7) is 3.19. The number of rotatable bonds is 4. The highest BCUT2D eigenvalue weighted by atomic mass is 79.9. The van der Waals surface area contributed by atoms with Crippen molar-refractivity contribution in [3.8, 4) is 5.75 Å². The molecule has 0 aliphatic heterocycles. The van der Waals surface area contributed by atoms with Crippen molar-refractivity contribution in [1.82, 2.24) is 5.32 Å². The third-order valence-corrected chi connectivity index (χ3v) is 4.12. The van der Waals surface area contributed by atoms with E-state index in [1.807, 2.05) is 0 Å². The number of halogens is 2. The van der Waals surface area contributed by atoms with Gasteiger partial charge in [-0.05, 0) is 61.9 Å². The van der Waals surface area contributed by atoms with Crippen LogP contribution in [0.25, 0.3) is 0 Å². The SMILES string of the molecule is COc1c(Br)cc(CNC2CC2C)cc1Br. The first-order valence-corrected chi connectivity index (χ1v) is 6.95. The summed E-state index contributed by atoms with van der Waals surface area (Å²) in [6.07, 6.45) is 1.30. The smallest absolute Gasteiger partial charge is 0.147 e. The monoisotopic (exact) mass is 347 g/mol. The van der Waals surface area contributed by atoms with E-state index in [-0.39, 0.29) is 0 Å². The van der Waals surface area contributed by atoms with Crippen molar-refractivity contribution >= 4 is 31.9 Å². The summed E-state index contributed by atoms with van der Waals surface area (Å²) in [6, 6.07) is 4.91. The minimum atomic E-state index is 0.708. The van der Waals surface area contributed by atoms with Gasteiger partial charge in [-0.3, -0.25) is 0 Å². The largest absolute Gasteiger partial charge is 0.494 e. The minimum Gasteiger partial charge on any atom is -0.494 e. The average molecular weight is 349 g/mol. The van der Waals surface area contributed by atoms with E-state index in [1.54, 1.807) is 7.11 Å². The third kappa shape index (κ3) is 2.79. The topological polar surface area (TPSA) is 21.3 Å². The van der Waals surface area contributed by atoms with Crippen LogP contribution in [0.1, 0.15) is 18.9 Å². The highest BCUT2D eigenvalue weighted by molar-refractivity contribution is 9.11. The summed E-state index contributed by atoms with van der Waals surface area (Å²) in [4.78, 5) is 0. The fraction of sp³-hybridized carbons (Fsp3) is 0.500. The Bertz CT molecular complexity index is 372. The van der Waals surface area contributed by atoms with Crippen LogP contribution >= 0.6 is 31.9 Å². The van der Waals surface area contributed by atoms with E-state index in [0.717, 1.165) is 27.2 Å². The molecule has 88 valence electrons. The molecule has 1 aliphatic rings. The van der Waals surface area contributed by atoms with E-state index < -0.39 is 0 Å². The van der Waals surface area contributed by atoms with Crippen LogP contribution in [0.4, 0.5) is 0 Å². The van der Waals surface area contributed by atoms with Crippen molar-refractivity contribution in [3.63, 3.8) is 0 Å². The lowest BCUT2D eigenvalue weighted by atomic mass is 10.2. The molecule has 4 heteroatoms. The van der Waals surface area contributed by atoms with Crippen LogP contribution in [0.15, 0.2) is 21.1 Å². The summed E-state index contributed by atoms with van der Waals surface area (Å²) in [5.74, 6) is 1.69. The lowest BCUT2D eigenvalue weighted by Crippen LogP contribution is -2.17. The van der Waals surface area contributed by atoms with Gasteiger partial charge in [-0.25, -0.2) is 0 Å². The second-order valence-electron chi connectivity index (χ2n) is 4.29. The van der Waals surface area contributed by atoms with Gasteiger partial charge >= 0.3 is 0 Å². The van der Waals surface area contributed by atoms with Crippen LogP contribution in [-0.4, -0.2) is 13.2 Å². The second-order valence-corrected chi connectivity index (χ2v) is 6.00. The van der Waals surface area contributed by atoms with Gasteiger partial charge in [0.15, 0.2) is 0 Å². The third-order valence-electron chi connectivity index (χ3n) is 2.94. The first kappa shape index (κ1) is 12.4. The molecule has 0 radical (unpaired) electrons. The molecular formula is C12H15Br2NO. The van der Waals surface area contributed by atoms with Gasteiger partial charge < -0.3 is 10.1 Å². The van der Waals surface area contributed by atoms with Gasteiger partial charge in [-0.2, -0.15) is 0 Å². The van der Waals surface area contributed by atoms with E-state index in [0.29, 0.717) is 6.04 Å². The van der Waals surface area contributed by atoms with E-state index in [4.69, 9.17) is 4.74 Å². The quantitative estimate of drug-likeness (QED) is 0.895. The van der Waals surface area contributed by atoms with Crippen molar-refractivity contribution in [2.45, 2.75) is 25.9 Å². The lowest BCUT2D eigenvalue weighted by molar-refractivity contribution is 0.409. The number of ether oxygens (including phenoxy) is 1. The maximum absolute atomic E-state index is 5.27. The van der Waals surface area contributed by atoms with E-state index >= 15 is 0 Å². The van der Waals surface area contributed by atoms with Gasteiger partial charge in [0, 0.05) is 12.6 Å². The molecule has 0 heterocycles. The van der Waals surface area contributed by atoms with E-state index in [9.17, 15) is 0 Å². The van der Waals surface area contributed by atoms with Crippen LogP contribution in [0.5, 0.6) is 5.75 Å². The normalized spacial score (nSPS) is 23.2. The van der Waals surface area contributed by atoms with Gasteiger partial charge in [0.25, 0.3) is 0 Å². The van der Waals surface area contributed by atoms with Crippen LogP contribution in [0.3, 0.4) is 0 Å². The molecule has 2 atom stereocenters. The Morgan fingerprint density at radius 2 is 1.94 bits per heavy atom. The Morgan fingerprint density at radius 3 is 2.38 bits per heavy atom. The van der Waals surface area contributed by atoms with Crippen LogP contribution in [-0.2, 0) is 6.54 Å². The number of hydrogen-bond acceptors (Lipinski definition) is 2. The van der Waals surface area contributed by atoms with E-state index in [2.05, 4.69) is 56.2 Å². The minimum absolute atomic E-state index is 0.708. The van der Waals surface area contributed by atoms with Crippen LogP contribution in [0, 0.1) is 5.92 Å². The van der Waals surface area contributed by atoms with Gasteiger partial charge in [-0.1, -0.05) is 6.92 Å². The Kier molecular flexibility index (Phi) is 3.93. The molecule has 2 nitrogen and oxygen atoms in total. The summed E-state index contributed by atoms with van der Waals surface area (Å²) < 4.78 is 7.25. The first-order chi connectivity index (χ1) is 7.61. The molecule has 0 amide bonds. The van der Waals surface area contributed by atoms with Gasteiger partial charge in [0.2, 0.25) is 0 Å². The summed E-state index contributed by atoms with van der Waals surface area (Å²) in [5.41, 5.74) is 1.26. The standard InChI is InChI=1S/C12H15Br2NO/c1-7-3-11(7)15-6-8-4-9(13)12(16-2)10(14)5-8/h4-5,7,11,15H,3,6H2,1-2H3. The molecule has 1 N–H and O–H groups in total. The zero-order chi connectivity index (χ0) is 11.7. The Balaban J connectivity index is 2.04. The number of nitrogens with one attached hydrogen (secondary N) is 1. The molecule has 0 spiro atoms. The number of benzene rings is 1. The highest BCUT2D eigenvalue weighted by Crippen LogP contribution is 2.35. The summed E-state index contributed by atoms with van der Waals surface area (Å²) in [5, 5.41) is 3.53. The zero-order valence-electron chi connectivity index (χ0n) is 9.39. The Labute approximate surface area is 113 Å². The van der Waals surface area contributed by atoms with Crippen molar-refractivity contribution in [1.29, 1.82) is 0 Å². The maximum atomic E-state index is 5.27. The number of methoxy groups -OCH3 is 1. The predicted octanol–water partition coefficient (Wildman–Crippen LogP) is 3.72. The fourth-order valence-electron chi connectivity index (χ4n) is 1.76. The van der Waals surface area contributed by atoms with Crippen molar-refractivity contribution in [2.24, 2.45) is 5.92 Å². The maximum Gasteiger partial charge on any atom is 0.147 e. The Morgan fingerprint density at radius 1 is 1.38 bits per heavy atom. The molecule has 16 heavy (non-hydrogen) atoms. The molecule has 0 bridgehead atoms. The van der Waals surface area contributed by atoms with Crippen LogP contribution in [0.2, 0.25) is 0 Å². The molecule has 1 fully saturated rings. The molecule has 2 rings (SSSR count). The Hall–Kier alpha value is -0.0600.